The molecule has 1 aliphatic heterocycles. The first-order valence-electron chi connectivity index (χ1n) is 15.7. The smallest absolute Gasteiger partial charge is 0.408 e. The maximum absolute atomic E-state index is 13.7. The molecule has 4 rings (SSSR count). The zero-order valence-electron chi connectivity index (χ0n) is 26.7. The summed E-state index contributed by atoms with van der Waals surface area (Å²) in [6.07, 6.45) is 10.0. The van der Waals surface area contributed by atoms with E-state index in [1.807, 2.05) is 29.2 Å². The summed E-state index contributed by atoms with van der Waals surface area (Å²) in [6, 6.07) is 5.95. The van der Waals surface area contributed by atoms with Crippen LogP contribution in [0.4, 0.5) is 15.3 Å². The molecule has 0 atom stereocenters. The Hall–Kier alpha value is -4.48. The lowest BCUT2D eigenvalue weighted by Crippen LogP contribution is -2.40. The highest BCUT2D eigenvalue weighted by Gasteiger charge is 2.23. The second-order valence-electron chi connectivity index (χ2n) is 12.4. The Balaban J connectivity index is 1.40. The molecule has 0 saturated heterocycles. The molecule has 0 spiro atoms. The van der Waals surface area contributed by atoms with Crippen molar-refractivity contribution in [1.29, 1.82) is 0 Å². The van der Waals surface area contributed by atoms with Crippen molar-refractivity contribution in [2.75, 3.05) is 19.7 Å². The molecule has 242 valence electrons. The van der Waals surface area contributed by atoms with Gasteiger partial charge >= 0.3 is 12.2 Å². The van der Waals surface area contributed by atoms with Crippen molar-refractivity contribution in [2.24, 2.45) is 10.7 Å². The van der Waals surface area contributed by atoms with Gasteiger partial charge in [0.2, 0.25) is 5.91 Å². The average Bonchev–Trinajstić information content (AvgIpc) is 3.14. The molecule has 2 heterocycles. The fourth-order valence-electron chi connectivity index (χ4n) is 4.82. The minimum Gasteiger partial charge on any atom is -0.449 e. The number of alkyl carbamates (subject to hydrolysis) is 2. The van der Waals surface area contributed by atoms with Crippen LogP contribution in [0.5, 0.6) is 0 Å². The van der Waals surface area contributed by atoms with E-state index >= 15 is 0 Å². The largest absolute Gasteiger partial charge is 0.449 e. The number of hydrogen-bond donors (Lipinski definition) is 3. The van der Waals surface area contributed by atoms with Crippen LogP contribution >= 0.6 is 0 Å². The lowest BCUT2D eigenvalue weighted by Gasteiger charge is -2.26. The van der Waals surface area contributed by atoms with E-state index in [0.29, 0.717) is 42.4 Å². The van der Waals surface area contributed by atoms with E-state index in [2.05, 4.69) is 32.5 Å². The minimum absolute atomic E-state index is 0.0959. The molecule has 2 aliphatic rings. The lowest BCUT2D eigenvalue weighted by molar-refractivity contribution is -0.127. The van der Waals surface area contributed by atoms with Gasteiger partial charge in [-0.3, -0.25) is 4.79 Å². The van der Waals surface area contributed by atoms with E-state index < -0.39 is 17.8 Å². The van der Waals surface area contributed by atoms with Gasteiger partial charge in [-0.2, -0.15) is 0 Å². The number of nitrogens with two attached hydrogens (primary N) is 1. The Kier molecular flexibility index (Phi) is 11.5. The van der Waals surface area contributed by atoms with Crippen molar-refractivity contribution in [1.82, 2.24) is 25.5 Å². The molecular formula is C33H45N7O5. The molecule has 2 aromatic rings. The number of nitrogens with one attached hydrogen (secondary N) is 2. The van der Waals surface area contributed by atoms with Crippen LogP contribution in [0.15, 0.2) is 41.2 Å². The van der Waals surface area contributed by atoms with E-state index in [1.54, 1.807) is 33.2 Å². The predicted molar refractivity (Wildman–Crippen MR) is 173 cm³/mol. The average molecular weight is 620 g/mol. The topological polar surface area (TPSA) is 161 Å². The maximum Gasteiger partial charge on any atom is 0.408 e. The molecule has 0 radical (unpaired) electrons. The van der Waals surface area contributed by atoms with Gasteiger partial charge in [-0.15, -0.1) is 0 Å². The summed E-state index contributed by atoms with van der Waals surface area (Å²) in [5, 5.41) is 5.51. The summed E-state index contributed by atoms with van der Waals surface area (Å²) in [5.74, 6) is 0.696. The van der Waals surface area contributed by atoms with Gasteiger partial charge in [0, 0.05) is 54.6 Å². The van der Waals surface area contributed by atoms with Crippen molar-refractivity contribution in [3.05, 3.63) is 47.6 Å². The molecule has 0 unspecified atom stereocenters. The van der Waals surface area contributed by atoms with Gasteiger partial charge in [0.05, 0.1) is 18.8 Å². The van der Waals surface area contributed by atoms with Gasteiger partial charge in [-0.1, -0.05) is 25.5 Å². The molecule has 4 N–H and O–H groups in total. The van der Waals surface area contributed by atoms with Gasteiger partial charge in [-0.25, -0.2) is 24.5 Å². The van der Waals surface area contributed by atoms with Crippen LogP contribution in [0.1, 0.15) is 84.0 Å². The van der Waals surface area contributed by atoms with E-state index in [9.17, 15) is 14.4 Å². The van der Waals surface area contributed by atoms with Gasteiger partial charge in [0.1, 0.15) is 17.3 Å². The van der Waals surface area contributed by atoms with Crippen LogP contribution in [0.25, 0.3) is 17.2 Å². The Bertz CT molecular complexity index is 1410. The standard InChI is InChI=1S/C33H45N7O5/c1-5-6-13-40(14-8-15-44-32(43)38-26-9-7-10-26)30(41)24-16-23-12-11-22(17-27(23)39-28(34)18-24)25-19-35-29(36-20-25)21-37-31(42)45-33(2,3)4/h11-12,16-17,19-20,26H,5-10,13-15,18,21H2,1-4H3,(H2,34,39)(H,37,42)(H,38,43). The number of rotatable bonds is 12. The molecule has 1 aromatic heterocycles. The van der Waals surface area contributed by atoms with Gasteiger partial charge in [-0.05, 0) is 70.6 Å². The summed E-state index contributed by atoms with van der Waals surface area (Å²) in [7, 11) is 0. The van der Waals surface area contributed by atoms with Crippen molar-refractivity contribution >= 4 is 35.7 Å². The fraction of sp³-hybridized carbons (Fsp3) is 0.515. The van der Waals surface area contributed by atoms with Crippen molar-refractivity contribution in [2.45, 2.75) is 90.8 Å². The van der Waals surface area contributed by atoms with E-state index in [4.69, 9.17) is 15.2 Å². The zero-order valence-corrected chi connectivity index (χ0v) is 26.7. The monoisotopic (exact) mass is 619 g/mol. The second-order valence-corrected chi connectivity index (χ2v) is 12.4. The number of carbonyl (C=O) groups is 3. The molecular weight excluding hydrogens is 574 g/mol. The summed E-state index contributed by atoms with van der Waals surface area (Å²) in [5.41, 5.74) is 9.31. The van der Waals surface area contributed by atoms with E-state index in [0.717, 1.165) is 48.8 Å². The number of aliphatic imine (C=N–C) groups is 1. The summed E-state index contributed by atoms with van der Waals surface area (Å²) >= 11 is 0. The molecule has 45 heavy (non-hydrogen) atoms. The molecule has 12 heteroatoms. The highest BCUT2D eigenvalue weighted by molar-refractivity contribution is 6.05. The predicted octanol–water partition coefficient (Wildman–Crippen LogP) is 5.24. The van der Waals surface area contributed by atoms with Crippen LogP contribution in [-0.4, -0.2) is 70.1 Å². The quantitative estimate of drug-likeness (QED) is 0.272. The SMILES string of the molecule is CCCCN(CCCOC(=O)NC1CCC1)C(=O)C1=Cc2ccc(-c3cnc(CNC(=O)OC(C)(C)C)nc3)cc2N=C(N)C1. The normalized spacial score (nSPS) is 14.6. The third-order valence-corrected chi connectivity index (χ3v) is 7.40. The number of aromatic nitrogens is 2. The van der Waals surface area contributed by atoms with Crippen molar-refractivity contribution in [3.63, 3.8) is 0 Å². The number of benzene rings is 1. The molecule has 3 amide bonds. The highest BCUT2D eigenvalue weighted by Crippen LogP contribution is 2.32. The first-order valence-corrected chi connectivity index (χ1v) is 15.7. The van der Waals surface area contributed by atoms with Crippen molar-refractivity contribution in [3.8, 4) is 11.1 Å². The number of hydrogen-bond acceptors (Lipinski definition) is 9. The van der Waals surface area contributed by atoms with Gasteiger partial charge in [0.25, 0.3) is 0 Å². The number of nitrogens with zero attached hydrogens (tertiary/aromatic N) is 4. The first-order chi connectivity index (χ1) is 21.5. The summed E-state index contributed by atoms with van der Waals surface area (Å²) in [6.45, 7) is 8.93. The van der Waals surface area contributed by atoms with Crippen LogP contribution in [0.3, 0.4) is 0 Å². The van der Waals surface area contributed by atoms with E-state index in [-0.39, 0.29) is 31.5 Å². The number of unbranched alkanes of at least 4 members (excludes halogenated alkanes) is 1. The molecule has 1 aliphatic carbocycles. The Morgan fingerprint density at radius 3 is 2.44 bits per heavy atom. The summed E-state index contributed by atoms with van der Waals surface area (Å²) < 4.78 is 10.6. The van der Waals surface area contributed by atoms with Crippen LogP contribution in [-0.2, 0) is 20.8 Å². The Morgan fingerprint density at radius 2 is 1.78 bits per heavy atom. The van der Waals surface area contributed by atoms with Gasteiger partial charge < -0.3 is 30.7 Å². The number of ether oxygens (including phenoxy) is 2. The minimum atomic E-state index is -0.590. The molecule has 1 fully saturated rings. The fourth-order valence-corrected chi connectivity index (χ4v) is 4.82. The Morgan fingerprint density at radius 1 is 1.04 bits per heavy atom. The maximum atomic E-state index is 13.7. The van der Waals surface area contributed by atoms with E-state index in [1.165, 1.54) is 0 Å². The number of amidine groups is 1. The molecule has 1 saturated carbocycles. The number of carbonyl (C=O) groups excluding carboxylic acids is 3. The highest BCUT2D eigenvalue weighted by atomic mass is 16.6. The number of amides is 3. The lowest BCUT2D eigenvalue weighted by atomic mass is 9.93. The molecule has 0 bridgehead atoms. The zero-order chi connectivity index (χ0) is 32.4. The Labute approximate surface area is 264 Å². The first kappa shape index (κ1) is 33.4. The second kappa shape index (κ2) is 15.5. The van der Waals surface area contributed by atoms with Crippen LogP contribution in [0.2, 0.25) is 0 Å². The van der Waals surface area contributed by atoms with Gasteiger partial charge in [0.15, 0.2) is 0 Å². The summed E-state index contributed by atoms with van der Waals surface area (Å²) in [4.78, 5) is 52.8. The third kappa shape index (κ3) is 10.3. The molecule has 1 aromatic carbocycles. The van der Waals surface area contributed by atoms with Crippen LogP contribution < -0.4 is 16.4 Å². The number of fused-ring (bicyclic) bond motifs is 1. The third-order valence-electron chi connectivity index (χ3n) is 7.40. The molecule has 12 nitrogen and oxygen atoms in total. The van der Waals surface area contributed by atoms with Crippen LogP contribution in [0, 0.1) is 0 Å². The van der Waals surface area contributed by atoms with Crippen molar-refractivity contribution < 1.29 is 23.9 Å².